The topological polar surface area (TPSA) is 96.0 Å². The lowest BCUT2D eigenvalue weighted by molar-refractivity contribution is -0.0474. The van der Waals surface area contributed by atoms with Crippen LogP contribution in [-0.2, 0) is 11.2 Å². The van der Waals surface area contributed by atoms with E-state index in [-0.39, 0.29) is 18.6 Å². The number of benzene rings is 1. The van der Waals surface area contributed by atoms with Crippen molar-refractivity contribution in [3.8, 4) is 0 Å². The Morgan fingerprint density at radius 3 is 2.52 bits per heavy atom. The minimum absolute atomic E-state index is 0.000232. The molecule has 0 spiro atoms. The molecule has 0 aromatic heterocycles. The average Bonchev–Trinajstić information content (AvgIpc) is 2.72. The first-order chi connectivity index (χ1) is 10.6. The van der Waals surface area contributed by atoms with Crippen molar-refractivity contribution in [2.45, 2.75) is 44.2 Å². The quantitative estimate of drug-likeness (QED) is 0.773. The van der Waals surface area contributed by atoms with Crippen LogP contribution in [0.25, 0.3) is 0 Å². The third kappa shape index (κ3) is 3.77. The lowest BCUT2D eigenvalue weighted by Gasteiger charge is -2.34. The Kier molecular flexibility index (Phi) is 4.88. The fraction of sp³-hybridized carbons (Fsp3) is 0.533. The number of hydrogen-bond donors (Lipinski definition) is 3. The van der Waals surface area contributed by atoms with Crippen molar-refractivity contribution < 1.29 is 28.5 Å². The van der Waals surface area contributed by atoms with Crippen molar-refractivity contribution in [3.63, 3.8) is 0 Å². The Bertz CT molecular complexity index is 577. The van der Waals surface area contributed by atoms with Crippen LogP contribution in [0.5, 0.6) is 0 Å². The highest BCUT2D eigenvalue weighted by molar-refractivity contribution is 5.66. The molecule has 8 heteroatoms. The normalized spacial score (nSPS) is 22.9. The largest absolute Gasteiger partial charge is 0.465 e. The highest BCUT2D eigenvalue weighted by Crippen LogP contribution is 2.30. The number of halogens is 2. The Morgan fingerprint density at radius 1 is 1.43 bits per heavy atom. The summed E-state index contributed by atoms with van der Waals surface area (Å²) in [6, 6.07) is 1.24. The van der Waals surface area contributed by atoms with Gasteiger partial charge in [-0.05, 0) is 38.0 Å². The van der Waals surface area contributed by atoms with E-state index in [0.717, 1.165) is 23.1 Å². The Hall–Kier alpha value is -1.77. The van der Waals surface area contributed by atoms with Crippen LogP contribution in [0.2, 0.25) is 0 Å². The van der Waals surface area contributed by atoms with Gasteiger partial charge in [-0.25, -0.2) is 13.6 Å². The molecule has 23 heavy (non-hydrogen) atoms. The van der Waals surface area contributed by atoms with Gasteiger partial charge >= 0.3 is 6.09 Å². The van der Waals surface area contributed by atoms with Gasteiger partial charge in [0.15, 0.2) is 0 Å². The summed E-state index contributed by atoms with van der Waals surface area (Å²) in [5.41, 5.74) is 5.12. The molecule has 1 aromatic carbocycles. The summed E-state index contributed by atoms with van der Waals surface area (Å²) in [5.74, 6) is -1.47. The molecule has 1 saturated heterocycles. The zero-order chi connectivity index (χ0) is 17.4. The van der Waals surface area contributed by atoms with Crippen LogP contribution < -0.4 is 5.73 Å². The number of nitrogens with zero attached hydrogens (tertiary/aromatic N) is 1. The van der Waals surface area contributed by atoms with E-state index in [2.05, 4.69) is 0 Å². The lowest BCUT2D eigenvalue weighted by Crippen LogP contribution is -2.56. The van der Waals surface area contributed by atoms with Crippen molar-refractivity contribution in [2.75, 3.05) is 6.61 Å². The van der Waals surface area contributed by atoms with Crippen molar-refractivity contribution in [3.05, 3.63) is 35.4 Å². The zero-order valence-corrected chi connectivity index (χ0v) is 12.9. The van der Waals surface area contributed by atoms with Crippen LogP contribution >= 0.6 is 0 Å². The third-order valence-electron chi connectivity index (χ3n) is 3.95. The van der Waals surface area contributed by atoms with Crippen LogP contribution in [0.3, 0.4) is 0 Å². The van der Waals surface area contributed by atoms with E-state index in [4.69, 9.17) is 10.5 Å². The molecule has 3 atom stereocenters. The van der Waals surface area contributed by atoms with E-state index < -0.39 is 41.6 Å². The molecular formula is C15H20F2N2O4. The van der Waals surface area contributed by atoms with Crippen molar-refractivity contribution in [1.82, 2.24) is 4.90 Å². The monoisotopic (exact) mass is 330 g/mol. The van der Waals surface area contributed by atoms with Gasteiger partial charge in [-0.1, -0.05) is 0 Å². The van der Waals surface area contributed by atoms with Crippen LogP contribution in [0.15, 0.2) is 18.2 Å². The molecule has 1 aliphatic heterocycles. The van der Waals surface area contributed by atoms with Crippen molar-refractivity contribution in [2.24, 2.45) is 5.73 Å². The molecule has 2 rings (SSSR count). The molecule has 1 fully saturated rings. The first-order valence-electron chi connectivity index (χ1n) is 7.16. The van der Waals surface area contributed by atoms with E-state index in [1.807, 2.05) is 0 Å². The predicted molar refractivity (Wildman–Crippen MR) is 77.7 cm³/mol. The first-order valence-corrected chi connectivity index (χ1v) is 7.16. The molecule has 0 bridgehead atoms. The molecule has 0 saturated carbocycles. The zero-order valence-electron chi connectivity index (χ0n) is 12.9. The van der Waals surface area contributed by atoms with E-state index in [1.54, 1.807) is 13.8 Å². The SMILES string of the molecule is CC1(C)OC[C@H]([C@@H](O)[C@@H](N)Cc2cc(F)cc(F)c2)N1C(=O)O. The molecule has 0 radical (unpaired) electrons. The van der Waals surface area contributed by atoms with Gasteiger partial charge in [-0.3, -0.25) is 4.90 Å². The minimum atomic E-state index is -1.24. The number of aliphatic hydroxyl groups excluding tert-OH is 1. The Labute approximate surface area is 132 Å². The Morgan fingerprint density at radius 2 is 2.00 bits per heavy atom. The minimum Gasteiger partial charge on any atom is -0.465 e. The second-order valence-electron chi connectivity index (χ2n) is 6.11. The van der Waals surface area contributed by atoms with Gasteiger partial charge in [0.2, 0.25) is 0 Å². The Balaban J connectivity index is 2.13. The summed E-state index contributed by atoms with van der Waals surface area (Å²) in [6.07, 6.45) is -2.47. The van der Waals surface area contributed by atoms with Gasteiger partial charge in [0, 0.05) is 12.1 Å². The molecule has 128 valence electrons. The van der Waals surface area contributed by atoms with Crippen LogP contribution in [0, 0.1) is 11.6 Å². The van der Waals surface area contributed by atoms with Gasteiger partial charge in [-0.2, -0.15) is 0 Å². The maximum Gasteiger partial charge on any atom is 0.410 e. The molecule has 6 nitrogen and oxygen atoms in total. The van der Waals surface area contributed by atoms with Gasteiger partial charge in [0.05, 0.1) is 18.8 Å². The maximum atomic E-state index is 13.2. The molecule has 1 heterocycles. The van der Waals surface area contributed by atoms with E-state index in [0.29, 0.717) is 0 Å². The molecular weight excluding hydrogens is 310 g/mol. The molecule has 1 amide bonds. The molecule has 0 unspecified atom stereocenters. The number of amides is 1. The van der Waals surface area contributed by atoms with Crippen LogP contribution in [0.1, 0.15) is 19.4 Å². The van der Waals surface area contributed by atoms with Crippen LogP contribution in [-0.4, -0.2) is 51.7 Å². The maximum absolute atomic E-state index is 13.2. The molecule has 1 aromatic rings. The fourth-order valence-electron chi connectivity index (χ4n) is 2.86. The number of hydrogen-bond acceptors (Lipinski definition) is 4. The molecule has 4 N–H and O–H groups in total. The number of carboxylic acid groups (broad SMARTS) is 1. The smallest absolute Gasteiger partial charge is 0.410 e. The number of nitrogens with two attached hydrogens (primary N) is 1. The number of rotatable bonds is 4. The highest BCUT2D eigenvalue weighted by Gasteiger charge is 2.48. The first kappa shape index (κ1) is 17.6. The molecule has 1 aliphatic rings. The van der Waals surface area contributed by atoms with E-state index >= 15 is 0 Å². The van der Waals surface area contributed by atoms with Gasteiger partial charge < -0.3 is 20.7 Å². The standard InChI is InChI=1S/C15H20F2N2O4/c1-15(2)19(14(21)22)12(7-23-15)13(20)11(18)5-8-3-9(16)6-10(17)4-8/h3-4,6,11-13,20H,5,7,18H2,1-2H3,(H,21,22)/t11-,12+,13-/m0/s1. The fourth-order valence-corrected chi connectivity index (χ4v) is 2.86. The van der Waals surface area contributed by atoms with Crippen LogP contribution in [0.4, 0.5) is 13.6 Å². The van der Waals surface area contributed by atoms with E-state index in [9.17, 15) is 23.8 Å². The van der Waals surface area contributed by atoms with Gasteiger partial charge in [-0.15, -0.1) is 0 Å². The number of carbonyl (C=O) groups is 1. The summed E-state index contributed by atoms with van der Waals surface area (Å²) in [7, 11) is 0. The summed E-state index contributed by atoms with van der Waals surface area (Å²) >= 11 is 0. The molecule has 0 aliphatic carbocycles. The summed E-state index contributed by atoms with van der Waals surface area (Å²) in [5, 5.41) is 19.7. The van der Waals surface area contributed by atoms with E-state index in [1.165, 1.54) is 0 Å². The summed E-state index contributed by atoms with van der Waals surface area (Å²) in [4.78, 5) is 12.4. The number of aliphatic hydroxyl groups is 1. The summed E-state index contributed by atoms with van der Waals surface area (Å²) in [6.45, 7) is 3.13. The second kappa shape index (κ2) is 6.38. The number of ether oxygens (including phenoxy) is 1. The second-order valence-corrected chi connectivity index (χ2v) is 6.11. The van der Waals surface area contributed by atoms with Gasteiger partial charge in [0.1, 0.15) is 17.4 Å². The summed E-state index contributed by atoms with van der Waals surface area (Å²) < 4.78 is 31.8. The highest BCUT2D eigenvalue weighted by atomic mass is 19.1. The van der Waals surface area contributed by atoms with Gasteiger partial charge in [0.25, 0.3) is 0 Å². The predicted octanol–water partition coefficient (Wildman–Crippen LogP) is 1.31. The van der Waals surface area contributed by atoms with Crippen molar-refractivity contribution in [1.29, 1.82) is 0 Å². The average molecular weight is 330 g/mol. The third-order valence-corrected chi connectivity index (χ3v) is 3.95. The van der Waals surface area contributed by atoms with Crippen molar-refractivity contribution >= 4 is 6.09 Å². The lowest BCUT2D eigenvalue weighted by atomic mass is 9.96.